The lowest BCUT2D eigenvalue weighted by Crippen LogP contribution is -2.40. The first-order valence-corrected chi connectivity index (χ1v) is 11.3. The van der Waals surface area contributed by atoms with E-state index in [0.717, 1.165) is 10.4 Å². The minimum Gasteiger partial charge on any atom is -0.486 e. The van der Waals surface area contributed by atoms with E-state index in [1.807, 2.05) is 24.3 Å². The standard InChI is InChI=1S/C24H21F3N2O4S/c1-2-29(23(31)24(25,26)27)14-15-4-3-5-17(12-15)28-22(30)21-9-8-20(34-21)16-6-7-18-19(13-16)33-11-10-32-18/h3-9,12-13H,2,10-11,14H2,1H3,(H,28,30). The van der Waals surface area contributed by atoms with Crippen LogP contribution < -0.4 is 14.8 Å². The van der Waals surface area contributed by atoms with Gasteiger partial charge in [0.1, 0.15) is 13.2 Å². The molecule has 0 unspecified atom stereocenters. The van der Waals surface area contributed by atoms with E-state index in [0.29, 0.717) is 45.7 Å². The Morgan fingerprint density at radius 1 is 1.03 bits per heavy atom. The van der Waals surface area contributed by atoms with Crippen LogP contribution in [-0.4, -0.2) is 42.6 Å². The van der Waals surface area contributed by atoms with E-state index in [1.165, 1.54) is 18.3 Å². The topological polar surface area (TPSA) is 67.9 Å². The summed E-state index contributed by atoms with van der Waals surface area (Å²) >= 11 is 1.30. The number of hydrogen-bond acceptors (Lipinski definition) is 5. The number of anilines is 1. The zero-order valence-electron chi connectivity index (χ0n) is 18.1. The van der Waals surface area contributed by atoms with E-state index in [1.54, 1.807) is 30.3 Å². The number of fused-ring (bicyclic) bond motifs is 1. The summed E-state index contributed by atoms with van der Waals surface area (Å²) < 4.78 is 49.5. The highest BCUT2D eigenvalue weighted by Crippen LogP contribution is 2.37. The summed E-state index contributed by atoms with van der Waals surface area (Å²) in [5.74, 6) is -0.896. The molecule has 2 heterocycles. The first-order valence-electron chi connectivity index (χ1n) is 10.5. The van der Waals surface area contributed by atoms with E-state index in [4.69, 9.17) is 9.47 Å². The number of nitrogens with zero attached hydrogens (tertiary/aromatic N) is 1. The van der Waals surface area contributed by atoms with Gasteiger partial charge in [0.2, 0.25) is 0 Å². The highest BCUT2D eigenvalue weighted by atomic mass is 32.1. The lowest BCUT2D eigenvalue weighted by Gasteiger charge is -2.22. The maximum Gasteiger partial charge on any atom is 0.471 e. The number of benzene rings is 2. The molecule has 0 radical (unpaired) electrons. The molecule has 4 rings (SSSR count). The van der Waals surface area contributed by atoms with E-state index < -0.39 is 12.1 Å². The molecule has 6 nitrogen and oxygen atoms in total. The van der Waals surface area contributed by atoms with Crippen molar-refractivity contribution < 1.29 is 32.2 Å². The van der Waals surface area contributed by atoms with Crippen molar-refractivity contribution in [1.29, 1.82) is 0 Å². The molecule has 178 valence electrons. The van der Waals surface area contributed by atoms with Crippen LogP contribution in [0, 0.1) is 0 Å². The summed E-state index contributed by atoms with van der Waals surface area (Å²) in [6, 6.07) is 15.6. The first kappa shape index (κ1) is 23.6. The van der Waals surface area contributed by atoms with Crippen LogP contribution in [-0.2, 0) is 11.3 Å². The number of rotatable bonds is 6. The third-order valence-corrected chi connectivity index (χ3v) is 6.26. The van der Waals surface area contributed by atoms with Crippen LogP contribution in [0.25, 0.3) is 10.4 Å². The fourth-order valence-corrected chi connectivity index (χ4v) is 4.38. The second kappa shape index (κ2) is 9.76. The molecule has 0 fully saturated rings. The lowest BCUT2D eigenvalue weighted by molar-refractivity contribution is -0.185. The summed E-state index contributed by atoms with van der Waals surface area (Å²) in [6.45, 7) is 2.16. The smallest absolute Gasteiger partial charge is 0.471 e. The van der Waals surface area contributed by atoms with Gasteiger partial charge in [0.25, 0.3) is 5.91 Å². The average molecular weight is 491 g/mol. The van der Waals surface area contributed by atoms with Crippen LogP contribution in [0.5, 0.6) is 11.5 Å². The monoisotopic (exact) mass is 490 g/mol. The van der Waals surface area contributed by atoms with Gasteiger partial charge in [-0.15, -0.1) is 11.3 Å². The molecular weight excluding hydrogens is 469 g/mol. The molecule has 1 N–H and O–H groups in total. The van der Waals surface area contributed by atoms with Crippen LogP contribution in [0.15, 0.2) is 54.6 Å². The van der Waals surface area contributed by atoms with Crippen molar-refractivity contribution in [3.63, 3.8) is 0 Å². The van der Waals surface area contributed by atoms with Crippen LogP contribution in [0.3, 0.4) is 0 Å². The van der Waals surface area contributed by atoms with Gasteiger partial charge in [0.15, 0.2) is 11.5 Å². The van der Waals surface area contributed by atoms with E-state index in [-0.39, 0.29) is 19.0 Å². The van der Waals surface area contributed by atoms with Gasteiger partial charge in [0.05, 0.1) is 4.88 Å². The molecule has 2 amide bonds. The molecule has 10 heteroatoms. The molecule has 0 atom stereocenters. The van der Waals surface area contributed by atoms with Gasteiger partial charge in [0, 0.05) is 23.7 Å². The number of halogens is 3. The number of ether oxygens (including phenoxy) is 2. The van der Waals surface area contributed by atoms with E-state index >= 15 is 0 Å². The van der Waals surface area contributed by atoms with Crippen molar-refractivity contribution in [1.82, 2.24) is 4.90 Å². The fraction of sp³-hybridized carbons (Fsp3) is 0.250. The number of alkyl halides is 3. The predicted molar refractivity (Wildman–Crippen MR) is 122 cm³/mol. The minimum absolute atomic E-state index is 0.0905. The molecular formula is C24H21F3N2O4S. The van der Waals surface area contributed by atoms with Crippen molar-refractivity contribution in [2.75, 3.05) is 25.1 Å². The highest BCUT2D eigenvalue weighted by molar-refractivity contribution is 7.17. The third-order valence-electron chi connectivity index (χ3n) is 5.13. The number of carbonyl (C=O) groups excluding carboxylic acids is 2. The molecule has 0 aliphatic carbocycles. The molecule has 3 aromatic rings. The lowest BCUT2D eigenvalue weighted by atomic mass is 10.1. The molecule has 0 saturated heterocycles. The Balaban J connectivity index is 1.45. The predicted octanol–water partition coefficient (Wildman–Crippen LogP) is 5.35. The Kier molecular flexibility index (Phi) is 6.78. The molecule has 0 bridgehead atoms. The second-order valence-corrected chi connectivity index (χ2v) is 8.58. The number of amides is 2. The quantitative estimate of drug-likeness (QED) is 0.506. The Morgan fingerprint density at radius 2 is 1.79 bits per heavy atom. The Morgan fingerprint density at radius 3 is 2.53 bits per heavy atom. The average Bonchev–Trinajstić information content (AvgIpc) is 3.32. The van der Waals surface area contributed by atoms with E-state index in [2.05, 4.69) is 5.32 Å². The second-order valence-electron chi connectivity index (χ2n) is 7.49. The van der Waals surface area contributed by atoms with Gasteiger partial charge in [-0.3, -0.25) is 9.59 Å². The number of thiophene rings is 1. The molecule has 2 aromatic carbocycles. The van der Waals surface area contributed by atoms with Crippen LogP contribution >= 0.6 is 11.3 Å². The number of nitrogens with one attached hydrogen (secondary N) is 1. The van der Waals surface area contributed by atoms with Crippen molar-refractivity contribution in [3.05, 3.63) is 65.0 Å². The van der Waals surface area contributed by atoms with E-state index in [9.17, 15) is 22.8 Å². The van der Waals surface area contributed by atoms with Gasteiger partial charge >= 0.3 is 12.1 Å². The van der Waals surface area contributed by atoms with Crippen LogP contribution in [0.2, 0.25) is 0 Å². The zero-order chi connectivity index (χ0) is 24.3. The molecule has 0 spiro atoms. The first-order chi connectivity index (χ1) is 16.2. The zero-order valence-corrected chi connectivity index (χ0v) is 19.0. The van der Waals surface area contributed by atoms with Gasteiger partial charge in [-0.1, -0.05) is 12.1 Å². The van der Waals surface area contributed by atoms with Gasteiger partial charge < -0.3 is 19.7 Å². The SMILES string of the molecule is CCN(Cc1cccc(NC(=O)c2ccc(-c3ccc4c(c3)OCCO4)s2)c1)C(=O)C(F)(F)F. The summed E-state index contributed by atoms with van der Waals surface area (Å²) in [6.07, 6.45) is -4.93. The summed E-state index contributed by atoms with van der Waals surface area (Å²) in [4.78, 5) is 26.4. The van der Waals surface area contributed by atoms with Crippen molar-refractivity contribution in [3.8, 4) is 21.9 Å². The molecule has 0 saturated carbocycles. The fourth-order valence-electron chi connectivity index (χ4n) is 3.48. The van der Waals surface area contributed by atoms with Crippen molar-refractivity contribution in [2.24, 2.45) is 0 Å². The molecule has 1 aromatic heterocycles. The number of hydrogen-bond donors (Lipinski definition) is 1. The maximum atomic E-state index is 12.8. The third kappa shape index (κ3) is 5.33. The van der Waals surface area contributed by atoms with Crippen molar-refractivity contribution in [2.45, 2.75) is 19.6 Å². The van der Waals surface area contributed by atoms with Crippen LogP contribution in [0.1, 0.15) is 22.2 Å². The molecule has 1 aliphatic rings. The van der Waals surface area contributed by atoms with Gasteiger partial charge in [-0.05, 0) is 60.5 Å². The van der Waals surface area contributed by atoms with Gasteiger partial charge in [-0.25, -0.2) is 0 Å². The summed E-state index contributed by atoms with van der Waals surface area (Å²) in [7, 11) is 0. The Labute approximate surface area is 197 Å². The van der Waals surface area contributed by atoms with Crippen molar-refractivity contribution >= 4 is 28.8 Å². The molecule has 34 heavy (non-hydrogen) atoms. The Hall–Kier alpha value is -3.53. The molecule has 1 aliphatic heterocycles. The minimum atomic E-state index is -4.93. The summed E-state index contributed by atoms with van der Waals surface area (Å²) in [5.41, 5.74) is 1.79. The normalized spacial score (nSPS) is 12.8. The maximum absolute atomic E-state index is 12.8. The largest absolute Gasteiger partial charge is 0.486 e. The highest BCUT2D eigenvalue weighted by Gasteiger charge is 2.41. The number of carbonyl (C=O) groups is 2. The Bertz CT molecular complexity index is 1210. The van der Waals surface area contributed by atoms with Crippen LogP contribution in [0.4, 0.5) is 18.9 Å². The summed E-state index contributed by atoms with van der Waals surface area (Å²) in [5, 5.41) is 2.77. The van der Waals surface area contributed by atoms with Gasteiger partial charge in [-0.2, -0.15) is 13.2 Å².